The van der Waals surface area contributed by atoms with Gasteiger partial charge in [-0.15, -0.1) is 0 Å². The summed E-state index contributed by atoms with van der Waals surface area (Å²) in [6.45, 7) is 3.00. The second-order valence-corrected chi connectivity index (χ2v) is 4.47. The average Bonchev–Trinajstić information content (AvgIpc) is 1.83. The Balaban J connectivity index is 4.34. The maximum absolute atomic E-state index is 10.5. The highest BCUT2D eigenvalue weighted by molar-refractivity contribution is 6.68. The van der Waals surface area contributed by atoms with Gasteiger partial charge in [0.1, 0.15) is 0 Å². The summed E-state index contributed by atoms with van der Waals surface area (Å²) in [4.78, 5) is 10.5. The van der Waals surface area contributed by atoms with Crippen molar-refractivity contribution in [2.75, 3.05) is 0 Å². The van der Waals surface area contributed by atoms with Crippen molar-refractivity contribution in [3.05, 3.63) is 12.2 Å². The molecule has 2 nitrogen and oxygen atoms in total. The second kappa shape index (κ2) is 4.95. The third kappa shape index (κ3) is 4.86. The molecule has 0 saturated carbocycles. The van der Waals surface area contributed by atoms with Crippen LogP contribution in [0.5, 0.6) is 0 Å². The highest BCUT2D eigenvalue weighted by atomic mass is 35.6. The third-order valence-electron chi connectivity index (χ3n) is 0.983. The molecule has 0 aliphatic rings. The highest BCUT2D eigenvalue weighted by Crippen LogP contribution is 2.33. The Morgan fingerprint density at radius 1 is 1.50 bits per heavy atom. The first-order valence-electron chi connectivity index (χ1n) is 3.24. The highest BCUT2D eigenvalue weighted by Gasteiger charge is 2.32. The van der Waals surface area contributed by atoms with E-state index in [1.54, 1.807) is 13.0 Å². The van der Waals surface area contributed by atoms with Gasteiger partial charge in [0.2, 0.25) is 3.79 Å². The van der Waals surface area contributed by atoms with Crippen LogP contribution in [0.1, 0.15) is 13.8 Å². The number of carbonyl (C=O) groups is 1. The number of halogens is 3. The molecule has 0 radical (unpaired) electrons. The number of allylic oxidation sites excluding steroid dienone is 1. The molecule has 0 aromatic carbocycles. The summed E-state index contributed by atoms with van der Waals surface area (Å²) < 4.78 is 3.12. The molecule has 0 aliphatic carbocycles. The minimum absolute atomic E-state index is 0.482. The number of rotatable bonds is 2. The fourth-order valence-corrected chi connectivity index (χ4v) is 0.921. The summed E-state index contributed by atoms with van der Waals surface area (Å²) in [7, 11) is 0. The van der Waals surface area contributed by atoms with Crippen LogP contribution < -0.4 is 0 Å². The molecule has 0 rings (SSSR count). The number of carbonyl (C=O) groups excluding carboxylic acids is 1. The van der Waals surface area contributed by atoms with E-state index in [1.807, 2.05) is 0 Å². The molecule has 0 aliphatic heterocycles. The molecule has 0 fully saturated rings. The zero-order valence-corrected chi connectivity index (χ0v) is 8.95. The molecule has 0 aromatic heterocycles. The Morgan fingerprint density at radius 2 is 2.00 bits per heavy atom. The lowest BCUT2D eigenvalue weighted by Crippen LogP contribution is -2.28. The van der Waals surface area contributed by atoms with E-state index < -0.39 is 15.9 Å². The van der Waals surface area contributed by atoms with E-state index >= 15 is 0 Å². The molecular formula is C7H9Cl3O2. The van der Waals surface area contributed by atoms with Crippen LogP contribution in [0.15, 0.2) is 12.2 Å². The van der Waals surface area contributed by atoms with Crippen LogP contribution in [-0.4, -0.2) is 15.9 Å². The van der Waals surface area contributed by atoms with E-state index in [1.165, 1.54) is 13.0 Å². The zero-order valence-electron chi connectivity index (χ0n) is 6.68. The van der Waals surface area contributed by atoms with E-state index in [-0.39, 0.29) is 0 Å². The minimum atomic E-state index is -1.61. The predicted molar refractivity (Wildman–Crippen MR) is 50.7 cm³/mol. The summed E-state index contributed by atoms with van der Waals surface area (Å²) in [5.41, 5.74) is 0. The Kier molecular flexibility index (Phi) is 4.98. The zero-order chi connectivity index (χ0) is 9.78. The van der Waals surface area contributed by atoms with E-state index in [0.717, 1.165) is 0 Å². The molecule has 70 valence electrons. The number of esters is 1. The van der Waals surface area contributed by atoms with Gasteiger partial charge in [-0.3, -0.25) is 4.79 Å². The molecule has 0 spiro atoms. The van der Waals surface area contributed by atoms with E-state index in [0.29, 0.717) is 0 Å². The van der Waals surface area contributed by atoms with Gasteiger partial charge in [-0.25, -0.2) is 0 Å². The van der Waals surface area contributed by atoms with Crippen LogP contribution in [0.2, 0.25) is 0 Å². The monoisotopic (exact) mass is 230 g/mol. The molecule has 0 amide bonds. The number of hydrogen-bond donors (Lipinski definition) is 0. The van der Waals surface area contributed by atoms with E-state index in [2.05, 4.69) is 0 Å². The van der Waals surface area contributed by atoms with Crippen molar-refractivity contribution < 1.29 is 9.53 Å². The second-order valence-electron chi connectivity index (χ2n) is 2.10. The lowest BCUT2D eigenvalue weighted by molar-refractivity contribution is -0.143. The Labute approximate surface area is 86.4 Å². The number of ether oxygens (including phenoxy) is 1. The Bertz CT molecular complexity index is 184. The Hall–Kier alpha value is 0.0800. The van der Waals surface area contributed by atoms with Crippen molar-refractivity contribution in [1.82, 2.24) is 0 Å². The van der Waals surface area contributed by atoms with Crippen molar-refractivity contribution in [2.45, 2.75) is 23.7 Å². The molecule has 0 heterocycles. The molecule has 1 atom stereocenters. The molecule has 0 bridgehead atoms. The first-order valence-corrected chi connectivity index (χ1v) is 4.38. The van der Waals surface area contributed by atoms with Crippen molar-refractivity contribution in [2.24, 2.45) is 0 Å². The van der Waals surface area contributed by atoms with E-state index in [9.17, 15) is 4.79 Å². The molecular weight excluding hydrogens is 222 g/mol. The fourth-order valence-electron chi connectivity index (χ4n) is 0.569. The van der Waals surface area contributed by atoms with Crippen LogP contribution in [0, 0.1) is 0 Å². The van der Waals surface area contributed by atoms with Crippen molar-refractivity contribution in [1.29, 1.82) is 0 Å². The van der Waals surface area contributed by atoms with Crippen LogP contribution in [-0.2, 0) is 9.53 Å². The standard InChI is InChI=1S/C7H9Cl3O2/c1-3-4-6(7(8,9)10)12-5(2)11/h3-4,6H,1-2H3/b4-3+. The van der Waals surface area contributed by atoms with Gasteiger partial charge in [0.15, 0.2) is 6.10 Å². The summed E-state index contributed by atoms with van der Waals surface area (Å²) >= 11 is 16.6. The lowest BCUT2D eigenvalue weighted by Gasteiger charge is -2.20. The Morgan fingerprint density at radius 3 is 2.25 bits per heavy atom. The SMILES string of the molecule is C/C=C/C(OC(C)=O)C(Cl)(Cl)Cl. The van der Waals surface area contributed by atoms with Gasteiger partial charge >= 0.3 is 5.97 Å². The summed E-state index contributed by atoms with van der Waals surface area (Å²) in [6.07, 6.45) is 2.33. The van der Waals surface area contributed by atoms with Crippen LogP contribution in [0.4, 0.5) is 0 Å². The molecule has 1 unspecified atom stereocenters. The normalized spacial score (nSPS) is 14.8. The molecule has 0 saturated heterocycles. The van der Waals surface area contributed by atoms with E-state index in [4.69, 9.17) is 39.5 Å². The van der Waals surface area contributed by atoms with Crippen LogP contribution in [0.25, 0.3) is 0 Å². The van der Waals surface area contributed by atoms with Crippen LogP contribution >= 0.6 is 34.8 Å². The quantitative estimate of drug-likeness (QED) is 0.415. The number of alkyl halides is 3. The first kappa shape index (κ1) is 12.1. The van der Waals surface area contributed by atoms with Gasteiger partial charge in [0, 0.05) is 6.92 Å². The smallest absolute Gasteiger partial charge is 0.303 e. The summed E-state index contributed by atoms with van der Waals surface area (Å²) in [5.74, 6) is -0.482. The predicted octanol–water partition coefficient (Wildman–Crippen LogP) is 2.86. The van der Waals surface area contributed by atoms with Gasteiger partial charge in [0.05, 0.1) is 0 Å². The van der Waals surface area contributed by atoms with Gasteiger partial charge in [0.25, 0.3) is 0 Å². The van der Waals surface area contributed by atoms with Gasteiger partial charge in [-0.05, 0) is 13.0 Å². The van der Waals surface area contributed by atoms with Crippen molar-refractivity contribution >= 4 is 40.8 Å². The largest absolute Gasteiger partial charge is 0.454 e. The summed E-state index contributed by atoms with van der Waals surface area (Å²) in [5, 5.41) is 0. The first-order chi connectivity index (χ1) is 5.38. The van der Waals surface area contributed by atoms with Gasteiger partial charge in [-0.2, -0.15) is 0 Å². The van der Waals surface area contributed by atoms with Crippen LogP contribution in [0.3, 0.4) is 0 Å². The van der Waals surface area contributed by atoms with Crippen molar-refractivity contribution in [3.63, 3.8) is 0 Å². The third-order valence-corrected chi connectivity index (χ3v) is 1.63. The average molecular weight is 232 g/mol. The molecule has 12 heavy (non-hydrogen) atoms. The summed E-state index contributed by atoms with van der Waals surface area (Å²) in [6, 6.07) is 0. The molecule has 0 N–H and O–H groups in total. The maximum Gasteiger partial charge on any atom is 0.303 e. The van der Waals surface area contributed by atoms with Gasteiger partial charge < -0.3 is 4.74 Å². The fraction of sp³-hybridized carbons (Fsp3) is 0.571. The minimum Gasteiger partial charge on any atom is -0.454 e. The maximum atomic E-state index is 10.5. The van der Waals surface area contributed by atoms with Gasteiger partial charge in [-0.1, -0.05) is 40.9 Å². The molecule has 0 aromatic rings. The topological polar surface area (TPSA) is 26.3 Å². The number of hydrogen-bond acceptors (Lipinski definition) is 2. The molecule has 5 heteroatoms. The lowest BCUT2D eigenvalue weighted by atomic mass is 10.3. The van der Waals surface area contributed by atoms with Crippen molar-refractivity contribution in [3.8, 4) is 0 Å².